The van der Waals surface area contributed by atoms with Gasteiger partial charge in [-0.25, -0.2) is 13.2 Å². The van der Waals surface area contributed by atoms with Gasteiger partial charge in [0.1, 0.15) is 5.75 Å². The van der Waals surface area contributed by atoms with E-state index in [2.05, 4.69) is 10.6 Å². The highest BCUT2D eigenvalue weighted by Crippen LogP contribution is 2.24. The molecule has 0 heterocycles. The van der Waals surface area contributed by atoms with E-state index in [4.69, 9.17) is 4.74 Å². The molecule has 0 aliphatic carbocycles. The molecular weight excluding hydrogens is 349 g/mol. The van der Waals surface area contributed by atoms with E-state index in [1.807, 2.05) is 13.8 Å². The van der Waals surface area contributed by atoms with E-state index in [-0.39, 0.29) is 6.10 Å². The molecule has 0 spiro atoms. The highest BCUT2D eigenvalue weighted by Gasteiger charge is 2.19. The number of benzene rings is 2. The van der Waals surface area contributed by atoms with E-state index >= 15 is 0 Å². The summed E-state index contributed by atoms with van der Waals surface area (Å²) < 4.78 is 45.2. The Bertz CT molecular complexity index is 825. The number of nitrogens with one attached hydrogen (secondary N) is 2. The molecule has 5 nitrogen and oxygen atoms in total. The third-order valence-electron chi connectivity index (χ3n) is 3.21. The minimum Gasteiger partial charge on any atom is -0.489 e. The van der Waals surface area contributed by atoms with Crippen molar-refractivity contribution in [3.63, 3.8) is 0 Å². The topological polar surface area (TPSA) is 67.4 Å². The summed E-state index contributed by atoms with van der Waals surface area (Å²) in [6.45, 7) is 3.16. The summed E-state index contributed by atoms with van der Waals surface area (Å²) in [7, 11) is 0. The van der Waals surface area contributed by atoms with Crippen LogP contribution < -0.4 is 15.4 Å². The summed E-state index contributed by atoms with van der Waals surface area (Å²) >= 11 is 0. The van der Waals surface area contributed by atoms with Gasteiger partial charge in [0.2, 0.25) is 5.91 Å². The van der Waals surface area contributed by atoms with Crippen LogP contribution in [0.3, 0.4) is 0 Å². The number of rotatable bonds is 6. The second-order valence-electron chi connectivity index (χ2n) is 5.62. The van der Waals surface area contributed by atoms with Crippen molar-refractivity contribution in [3.05, 3.63) is 59.4 Å². The lowest BCUT2D eigenvalue weighted by Crippen LogP contribution is -2.33. The summed E-state index contributed by atoms with van der Waals surface area (Å²) in [6.07, 6.45) is -0.107. The minimum atomic E-state index is -1.75. The van der Waals surface area contributed by atoms with E-state index < -0.39 is 41.4 Å². The van der Waals surface area contributed by atoms with Gasteiger partial charge < -0.3 is 15.4 Å². The van der Waals surface area contributed by atoms with E-state index in [0.717, 1.165) is 6.07 Å². The summed E-state index contributed by atoms with van der Waals surface area (Å²) in [4.78, 5) is 23.8. The lowest BCUT2D eigenvalue weighted by Gasteiger charge is -2.15. The molecule has 26 heavy (non-hydrogen) atoms. The molecule has 2 N–H and O–H groups in total. The van der Waals surface area contributed by atoms with E-state index in [9.17, 15) is 22.8 Å². The first-order chi connectivity index (χ1) is 12.3. The van der Waals surface area contributed by atoms with E-state index in [1.165, 1.54) is 0 Å². The predicted molar refractivity (Wildman–Crippen MR) is 89.5 cm³/mol. The van der Waals surface area contributed by atoms with Crippen molar-refractivity contribution in [2.75, 3.05) is 11.9 Å². The zero-order valence-electron chi connectivity index (χ0n) is 14.1. The van der Waals surface area contributed by atoms with Crippen LogP contribution in [0.1, 0.15) is 24.2 Å². The Morgan fingerprint density at radius 1 is 1.04 bits per heavy atom. The summed E-state index contributed by atoms with van der Waals surface area (Å²) in [6, 6.07) is 8.15. The molecule has 2 rings (SSSR count). The third-order valence-corrected chi connectivity index (χ3v) is 3.21. The average molecular weight is 366 g/mol. The summed E-state index contributed by atoms with van der Waals surface area (Å²) in [5.41, 5.74) is -0.292. The van der Waals surface area contributed by atoms with Crippen LogP contribution in [-0.2, 0) is 4.79 Å². The number of hydrogen-bond acceptors (Lipinski definition) is 3. The van der Waals surface area contributed by atoms with Crippen molar-refractivity contribution < 1.29 is 27.5 Å². The first kappa shape index (κ1) is 19.3. The highest BCUT2D eigenvalue weighted by molar-refractivity contribution is 5.99. The van der Waals surface area contributed by atoms with Crippen LogP contribution in [0.25, 0.3) is 0 Å². The van der Waals surface area contributed by atoms with Crippen LogP contribution in [0, 0.1) is 17.5 Å². The smallest absolute Gasteiger partial charge is 0.254 e. The number of para-hydroxylation sites is 2. The molecule has 0 saturated heterocycles. The molecule has 0 aliphatic heterocycles. The number of ether oxygens (including phenoxy) is 1. The Hall–Kier alpha value is -3.03. The van der Waals surface area contributed by atoms with Crippen LogP contribution in [0.2, 0.25) is 0 Å². The van der Waals surface area contributed by atoms with Gasteiger partial charge in [-0.3, -0.25) is 9.59 Å². The first-order valence-corrected chi connectivity index (χ1v) is 7.76. The van der Waals surface area contributed by atoms with Gasteiger partial charge >= 0.3 is 0 Å². The van der Waals surface area contributed by atoms with Crippen LogP contribution in [0.4, 0.5) is 18.9 Å². The zero-order valence-corrected chi connectivity index (χ0v) is 14.1. The van der Waals surface area contributed by atoms with Gasteiger partial charge in [-0.2, -0.15) is 0 Å². The highest BCUT2D eigenvalue weighted by atomic mass is 19.2. The number of amides is 2. The summed E-state index contributed by atoms with van der Waals surface area (Å²) in [5, 5.41) is 4.70. The van der Waals surface area contributed by atoms with Gasteiger partial charge in [-0.05, 0) is 38.1 Å². The van der Waals surface area contributed by atoms with Gasteiger partial charge in [-0.1, -0.05) is 12.1 Å². The largest absolute Gasteiger partial charge is 0.489 e. The average Bonchev–Trinajstić information content (AvgIpc) is 2.59. The van der Waals surface area contributed by atoms with Crippen LogP contribution in [0.5, 0.6) is 5.75 Å². The van der Waals surface area contributed by atoms with Gasteiger partial charge in [-0.15, -0.1) is 0 Å². The van der Waals surface area contributed by atoms with Crippen LogP contribution >= 0.6 is 0 Å². The van der Waals surface area contributed by atoms with E-state index in [0.29, 0.717) is 17.5 Å². The van der Waals surface area contributed by atoms with Crippen molar-refractivity contribution in [2.45, 2.75) is 20.0 Å². The molecule has 0 bridgehead atoms. The lowest BCUT2D eigenvalue weighted by atomic mass is 10.2. The number of carbonyl (C=O) groups excluding carboxylic acids is 2. The quantitative estimate of drug-likeness (QED) is 0.771. The van der Waals surface area contributed by atoms with Crippen molar-refractivity contribution in [2.24, 2.45) is 0 Å². The normalized spacial score (nSPS) is 10.5. The number of anilines is 1. The Labute approximate surface area is 148 Å². The predicted octanol–water partition coefficient (Wildman–Crippen LogP) is 3.26. The molecule has 0 aromatic heterocycles. The Morgan fingerprint density at radius 3 is 2.42 bits per heavy atom. The second-order valence-corrected chi connectivity index (χ2v) is 5.62. The molecule has 0 atom stereocenters. The number of halogens is 3. The monoisotopic (exact) mass is 366 g/mol. The second kappa shape index (κ2) is 8.37. The zero-order chi connectivity index (χ0) is 19.3. The molecule has 0 radical (unpaired) electrons. The summed E-state index contributed by atoms with van der Waals surface area (Å²) in [5.74, 6) is -5.95. The van der Waals surface area contributed by atoms with Crippen molar-refractivity contribution in [1.82, 2.24) is 5.32 Å². The Morgan fingerprint density at radius 2 is 1.73 bits per heavy atom. The number of hydrogen-bond donors (Lipinski definition) is 2. The molecule has 8 heteroatoms. The SMILES string of the molecule is CC(C)Oc1ccccc1NC(=O)CNC(=O)c1ccc(F)c(F)c1F. The molecule has 0 saturated carbocycles. The standard InChI is InChI=1S/C18H17F3N2O3/c1-10(2)26-14-6-4-3-5-13(14)23-15(24)9-22-18(25)11-7-8-12(19)17(21)16(11)20/h3-8,10H,9H2,1-2H3,(H,22,25)(H,23,24). The van der Waals surface area contributed by atoms with Crippen molar-refractivity contribution >= 4 is 17.5 Å². The van der Waals surface area contributed by atoms with Crippen LogP contribution in [0.15, 0.2) is 36.4 Å². The molecule has 138 valence electrons. The van der Waals surface area contributed by atoms with Gasteiger partial charge in [0.25, 0.3) is 5.91 Å². The molecule has 0 aliphatic rings. The van der Waals surface area contributed by atoms with Crippen LogP contribution in [-0.4, -0.2) is 24.5 Å². The maximum Gasteiger partial charge on any atom is 0.254 e. The maximum atomic E-state index is 13.6. The molecule has 0 fully saturated rings. The van der Waals surface area contributed by atoms with Crippen molar-refractivity contribution in [3.8, 4) is 5.75 Å². The first-order valence-electron chi connectivity index (χ1n) is 7.76. The third kappa shape index (κ3) is 4.75. The van der Waals surface area contributed by atoms with Crippen molar-refractivity contribution in [1.29, 1.82) is 0 Å². The molecule has 2 aromatic carbocycles. The fourth-order valence-corrected chi connectivity index (χ4v) is 2.08. The molecular formula is C18H17F3N2O3. The number of carbonyl (C=O) groups is 2. The van der Waals surface area contributed by atoms with Gasteiger partial charge in [0.05, 0.1) is 23.9 Å². The minimum absolute atomic E-state index is 0.107. The Balaban J connectivity index is 1.99. The molecule has 2 aromatic rings. The molecule has 0 unspecified atom stereocenters. The fourth-order valence-electron chi connectivity index (χ4n) is 2.08. The lowest BCUT2D eigenvalue weighted by molar-refractivity contribution is -0.115. The van der Waals surface area contributed by atoms with Gasteiger partial charge in [0.15, 0.2) is 17.5 Å². The molecule has 2 amide bonds. The van der Waals surface area contributed by atoms with E-state index in [1.54, 1.807) is 24.3 Å². The fraction of sp³-hybridized carbons (Fsp3) is 0.222. The Kier molecular flexibility index (Phi) is 6.21. The van der Waals surface area contributed by atoms with Gasteiger partial charge in [0, 0.05) is 0 Å². The maximum absolute atomic E-state index is 13.6.